The normalized spacial score (nSPS) is 10.5. The Balaban J connectivity index is 0.00000261. The molecule has 0 fully saturated rings. The zero-order valence-electron chi connectivity index (χ0n) is 14.8. The average molecular weight is 421 g/mol. The Bertz CT molecular complexity index is 980. The summed E-state index contributed by atoms with van der Waals surface area (Å²) in [5.74, 6) is -0.138. The smallest absolute Gasteiger partial charge is 0.260 e. The number of benzene rings is 2. The van der Waals surface area contributed by atoms with Gasteiger partial charge in [-0.1, -0.05) is 22.9 Å². The van der Waals surface area contributed by atoms with E-state index in [0.29, 0.717) is 34.4 Å². The molecule has 140 valence electrons. The van der Waals surface area contributed by atoms with E-state index in [-0.39, 0.29) is 18.3 Å². The first kappa shape index (κ1) is 21.1. The third kappa shape index (κ3) is 4.96. The largest absolute Gasteiger partial charge is 0.308 e. The number of amides is 1. The van der Waals surface area contributed by atoms with E-state index in [2.05, 4.69) is 11.1 Å². The van der Waals surface area contributed by atoms with Gasteiger partial charge < -0.3 is 4.90 Å². The molecule has 0 N–H and O–H groups in total. The summed E-state index contributed by atoms with van der Waals surface area (Å²) in [6.07, 6.45) is 0. The lowest BCUT2D eigenvalue weighted by Crippen LogP contribution is -2.36. The van der Waals surface area contributed by atoms with Gasteiger partial charge in [0.1, 0.15) is 0 Å². The van der Waals surface area contributed by atoms with Gasteiger partial charge in [-0.05, 0) is 56.6 Å². The van der Waals surface area contributed by atoms with Gasteiger partial charge in [-0.25, -0.2) is 4.98 Å². The van der Waals surface area contributed by atoms with Crippen LogP contribution in [-0.2, 0) is 0 Å². The summed E-state index contributed by atoms with van der Waals surface area (Å²) in [7, 11) is 3.92. The summed E-state index contributed by atoms with van der Waals surface area (Å²) in [6.45, 7) is 1.22. The van der Waals surface area contributed by atoms with Gasteiger partial charge in [0.25, 0.3) is 5.91 Å². The van der Waals surface area contributed by atoms with Crippen LogP contribution in [0, 0.1) is 11.3 Å². The number of anilines is 1. The van der Waals surface area contributed by atoms with E-state index in [9.17, 15) is 4.79 Å². The van der Waals surface area contributed by atoms with E-state index in [0.717, 1.165) is 10.2 Å². The first-order valence-corrected chi connectivity index (χ1v) is 9.20. The number of hydrogen-bond donors (Lipinski definition) is 0. The van der Waals surface area contributed by atoms with Crippen LogP contribution in [0.1, 0.15) is 15.9 Å². The lowest BCUT2D eigenvalue weighted by Gasteiger charge is -2.22. The lowest BCUT2D eigenvalue weighted by molar-refractivity contribution is 0.0985. The van der Waals surface area contributed by atoms with Crippen LogP contribution in [-0.4, -0.2) is 43.0 Å². The molecule has 27 heavy (non-hydrogen) atoms. The van der Waals surface area contributed by atoms with E-state index in [1.807, 2.05) is 31.1 Å². The third-order valence-corrected chi connectivity index (χ3v) is 5.12. The predicted molar refractivity (Wildman–Crippen MR) is 113 cm³/mol. The monoisotopic (exact) mass is 420 g/mol. The van der Waals surface area contributed by atoms with Gasteiger partial charge >= 0.3 is 0 Å². The number of aromatic nitrogens is 1. The Kier molecular flexibility index (Phi) is 7.17. The molecule has 0 saturated heterocycles. The van der Waals surface area contributed by atoms with E-state index in [1.165, 1.54) is 11.3 Å². The Morgan fingerprint density at radius 3 is 2.52 bits per heavy atom. The SMILES string of the molecule is CN(C)CCN(C(=O)c1ccc(C#N)cc1)c1nc2ccc(Cl)cc2s1.Cl. The molecule has 0 atom stereocenters. The number of carbonyl (C=O) groups is 1. The van der Waals surface area contributed by atoms with Gasteiger partial charge in [0.05, 0.1) is 21.8 Å². The van der Waals surface area contributed by atoms with Crippen LogP contribution in [0.2, 0.25) is 5.02 Å². The highest BCUT2D eigenvalue weighted by Gasteiger charge is 2.21. The average Bonchev–Trinajstić information content (AvgIpc) is 3.04. The molecule has 3 aromatic rings. The second-order valence-corrected chi connectivity index (χ2v) is 7.50. The number of carbonyl (C=O) groups excluding carboxylic acids is 1. The van der Waals surface area contributed by atoms with Gasteiger partial charge in [0.15, 0.2) is 5.13 Å². The van der Waals surface area contributed by atoms with Crippen LogP contribution in [0.4, 0.5) is 5.13 Å². The fraction of sp³-hybridized carbons (Fsp3) is 0.211. The molecule has 3 rings (SSSR count). The van der Waals surface area contributed by atoms with Crippen molar-refractivity contribution in [1.29, 1.82) is 5.26 Å². The second-order valence-electron chi connectivity index (χ2n) is 6.06. The molecule has 0 spiro atoms. The van der Waals surface area contributed by atoms with Gasteiger partial charge in [0.2, 0.25) is 0 Å². The summed E-state index contributed by atoms with van der Waals surface area (Å²) in [5, 5.41) is 10.2. The number of nitrogens with zero attached hydrogens (tertiary/aromatic N) is 4. The van der Waals surface area contributed by atoms with Crippen molar-refractivity contribution in [3.63, 3.8) is 0 Å². The molecule has 1 heterocycles. The molecule has 0 bridgehead atoms. The molecule has 8 heteroatoms. The van der Waals surface area contributed by atoms with Crippen molar-refractivity contribution >= 4 is 56.6 Å². The van der Waals surface area contributed by atoms with Gasteiger partial charge in [0, 0.05) is 23.7 Å². The summed E-state index contributed by atoms with van der Waals surface area (Å²) >= 11 is 7.50. The number of fused-ring (bicyclic) bond motifs is 1. The van der Waals surface area contributed by atoms with Crippen molar-refractivity contribution in [1.82, 2.24) is 9.88 Å². The standard InChI is InChI=1S/C19H17ClN4OS.ClH/c1-23(2)9-10-24(18(25)14-5-3-13(12-21)4-6-14)19-22-16-8-7-15(20)11-17(16)26-19;/h3-8,11H,9-10H2,1-2H3;1H. The molecule has 0 aliphatic carbocycles. The summed E-state index contributed by atoms with van der Waals surface area (Å²) in [4.78, 5) is 21.4. The van der Waals surface area contributed by atoms with Crippen LogP contribution < -0.4 is 4.90 Å². The molecule has 0 aliphatic heterocycles. The van der Waals surface area contributed by atoms with E-state index < -0.39 is 0 Å². The number of likely N-dealkylation sites (N-methyl/N-ethyl adjacent to an activating group) is 1. The molecule has 2 aromatic carbocycles. The number of nitriles is 1. The van der Waals surface area contributed by atoms with Crippen LogP contribution in [0.5, 0.6) is 0 Å². The topological polar surface area (TPSA) is 60.2 Å². The first-order chi connectivity index (χ1) is 12.5. The van der Waals surface area contributed by atoms with Crippen molar-refractivity contribution < 1.29 is 4.79 Å². The van der Waals surface area contributed by atoms with E-state index in [4.69, 9.17) is 16.9 Å². The maximum Gasteiger partial charge on any atom is 0.260 e. The summed E-state index contributed by atoms with van der Waals surface area (Å²) in [6, 6.07) is 14.2. The molecular weight excluding hydrogens is 403 g/mol. The number of thiazole rings is 1. The quantitative estimate of drug-likeness (QED) is 0.611. The van der Waals surface area contributed by atoms with Crippen molar-refractivity contribution in [2.24, 2.45) is 0 Å². The van der Waals surface area contributed by atoms with Crippen LogP contribution in [0.3, 0.4) is 0 Å². The molecule has 1 amide bonds. The maximum absolute atomic E-state index is 13.1. The van der Waals surface area contributed by atoms with Crippen LogP contribution >= 0.6 is 35.3 Å². The van der Waals surface area contributed by atoms with Crippen LogP contribution in [0.25, 0.3) is 10.2 Å². The highest BCUT2D eigenvalue weighted by Crippen LogP contribution is 2.31. The number of halogens is 2. The fourth-order valence-electron chi connectivity index (χ4n) is 2.43. The molecule has 1 aromatic heterocycles. The van der Waals surface area contributed by atoms with Gasteiger partial charge in [-0.15, -0.1) is 12.4 Å². The van der Waals surface area contributed by atoms with Crippen LogP contribution in [0.15, 0.2) is 42.5 Å². The highest BCUT2D eigenvalue weighted by molar-refractivity contribution is 7.22. The third-order valence-electron chi connectivity index (χ3n) is 3.85. The zero-order valence-corrected chi connectivity index (χ0v) is 17.2. The molecular formula is C19H18Cl2N4OS. The van der Waals surface area contributed by atoms with E-state index in [1.54, 1.807) is 35.2 Å². The molecule has 5 nitrogen and oxygen atoms in total. The minimum atomic E-state index is -0.138. The molecule has 0 radical (unpaired) electrons. The highest BCUT2D eigenvalue weighted by atomic mass is 35.5. The minimum absolute atomic E-state index is 0. The molecule has 0 aliphatic rings. The molecule has 0 unspecified atom stereocenters. The Labute approximate surface area is 173 Å². The zero-order chi connectivity index (χ0) is 18.7. The Morgan fingerprint density at radius 1 is 1.19 bits per heavy atom. The Morgan fingerprint density at radius 2 is 1.89 bits per heavy atom. The van der Waals surface area contributed by atoms with Crippen molar-refractivity contribution in [3.05, 3.63) is 58.6 Å². The molecule has 0 saturated carbocycles. The summed E-state index contributed by atoms with van der Waals surface area (Å²) in [5.41, 5.74) is 1.87. The van der Waals surface area contributed by atoms with Gasteiger partial charge in [-0.3, -0.25) is 9.69 Å². The van der Waals surface area contributed by atoms with Crippen molar-refractivity contribution in [3.8, 4) is 6.07 Å². The number of rotatable bonds is 5. The lowest BCUT2D eigenvalue weighted by atomic mass is 10.1. The number of hydrogen-bond acceptors (Lipinski definition) is 5. The minimum Gasteiger partial charge on any atom is -0.308 e. The van der Waals surface area contributed by atoms with Crippen molar-refractivity contribution in [2.75, 3.05) is 32.1 Å². The summed E-state index contributed by atoms with van der Waals surface area (Å²) < 4.78 is 0.940. The Hall–Kier alpha value is -2.17. The van der Waals surface area contributed by atoms with Gasteiger partial charge in [-0.2, -0.15) is 5.26 Å². The first-order valence-electron chi connectivity index (χ1n) is 8.01. The van der Waals surface area contributed by atoms with Crippen molar-refractivity contribution in [2.45, 2.75) is 0 Å². The maximum atomic E-state index is 13.1. The fourth-order valence-corrected chi connectivity index (χ4v) is 3.70. The second kappa shape index (κ2) is 9.16. The van der Waals surface area contributed by atoms with E-state index >= 15 is 0 Å². The predicted octanol–water partition coefficient (Wildman–Crippen LogP) is 4.45.